The van der Waals surface area contributed by atoms with E-state index in [1.807, 2.05) is 54.6 Å². The fourth-order valence-corrected chi connectivity index (χ4v) is 3.66. The SMILES string of the molecule is N#Cc1cccc(-c2ccc(N3C(=O)CN(CCc4ccc(CN)cc4)C3=O)cc2)c1. The van der Waals surface area contributed by atoms with Crippen LogP contribution in [0, 0.1) is 11.3 Å². The zero-order valence-electron chi connectivity index (χ0n) is 17.0. The number of nitrogens with two attached hydrogens (primary N) is 1. The van der Waals surface area contributed by atoms with Gasteiger partial charge in [0.15, 0.2) is 0 Å². The van der Waals surface area contributed by atoms with Crippen molar-refractivity contribution in [1.29, 1.82) is 5.26 Å². The Morgan fingerprint density at radius 1 is 0.903 bits per heavy atom. The average molecular weight is 410 g/mol. The van der Waals surface area contributed by atoms with Gasteiger partial charge < -0.3 is 10.6 Å². The third kappa shape index (κ3) is 4.32. The number of hydrogen-bond acceptors (Lipinski definition) is 4. The van der Waals surface area contributed by atoms with E-state index in [1.54, 1.807) is 23.1 Å². The first-order valence-corrected chi connectivity index (χ1v) is 10.1. The Labute approximate surface area is 181 Å². The van der Waals surface area contributed by atoms with Crippen LogP contribution in [0.25, 0.3) is 11.1 Å². The standard InChI is InChI=1S/C25H22N4O2/c26-15-19-6-4-18(5-7-19)12-13-28-17-24(30)29(25(28)31)23-10-8-21(9-11-23)22-3-1-2-20(14-22)16-27/h1-11,14H,12-13,15,17,26H2. The van der Waals surface area contributed by atoms with Crippen molar-refractivity contribution in [3.05, 3.63) is 89.5 Å². The number of urea groups is 1. The van der Waals surface area contributed by atoms with E-state index in [-0.39, 0.29) is 18.5 Å². The van der Waals surface area contributed by atoms with Crippen molar-refractivity contribution in [3.8, 4) is 17.2 Å². The molecule has 1 saturated heterocycles. The number of amides is 3. The van der Waals surface area contributed by atoms with Crippen LogP contribution in [0.4, 0.5) is 10.5 Å². The molecule has 1 aliphatic heterocycles. The first-order valence-electron chi connectivity index (χ1n) is 10.1. The average Bonchev–Trinajstić information content (AvgIpc) is 3.11. The number of nitrogens with zero attached hydrogens (tertiary/aromatic N) is 3. The van der Waals surface area contributed by atoms with Gasteiger partial charge in [0.25, 0.3) is 5.91 Å². The van der Waals surface area contributed by atoms with Crippen LogP contribution in [0.1, 0.15) is 16.7 Å². The van der Waals surface area contributed by atoms with E-state index in [1.165, 1.54) is 4.90 Å². The molecule has 0 atom stereocenters. The molecule has 0 bridgehead atoms. The maximum Gasteiger partial charge on any atom is 0.331 e. The van der Waals surface area contributed by atoms with Crippen LogP contribution in [0.5, 0.6) is 0 Å². The highest BCUT2D eigenvalue weighted by atomic mass is 16.2. The monoisotopic (exact) mass is 410 g/mol. The third-order valence-electron chi connectivity index (χ3n) is 5.42. The van der Waals surface area contributed by atoms with Gasteiger partial charge in [-0.25, -0.2) is 9.69 Å². The molecule has 1 aliphatic rings. The molecule has 4 rings (SSSR count). The molecule has 154 valence electrons. The molecular formula is C25H22N4O2. The molecule has 0 radical (unpaired) electrons. The summed E-state index contributed by atoms with van der Waals surface area (Å²) in [5.74, 6) is -0.234. The van der Waals surface area contributed by atoms with E-state index in [0.29, 0.717) is 30.8 Å². The van der Waals surface area contributed by atoms with Gasteiger partial charge in [-0.3, -0.25) is 4.79 Å². The van der Waals surface area contributed by atoms with Crippen molar-refractivity contribution < 1.29 is 9.59 Å². The summed E-state index contributed by atoms with van der Waals surface area (Å²) in [6, 6.07) is 24.3. The highest BCUT2D eigenvalue weighted by Crippen LogP contribution is 2.26. The van der Waals surface area contributed by atoms with Crippen LogP contribution < -0.4 is 10.6 Å². The fraction of sp³-hybridized carbons (Fsp3) is 0.160. The molecule has 1 heterocycles. The van der Waals surface area contributed by atoms with E-state index in [0.717, 1.165) is 22.3 Å². The van der Waals surface area contributed by atoms with Gasteiger partial charge in [-0.1, -0.05) is 48.5 Å². The summed E-state index contributed by atoms with van der Waals surface area (Å²) in [7, 11) is 0. The Kier molecular flexibility index (Phi) is 5.78. The topological polar surface area (TPSA) is 90.4 Å². The lowest BCUT2D eigenvalue weighted by Crippen LogP contribution is -2.34. The fourth-order valence-electron chi connectivity index (χ4n) is 3.66. The largest absolute Gasteiger partial charge is 0.331 e. The third-order valence-corrected chi connectivity index (χ3v) is 5.42. The van der Waals surface area contributed by atoms with Gasteiger partial charge in [0.2, 0.25) is 0 Å². The van der Waals surface area contributed by atoms with E-state index in [9.17, 15) is 9.59 Å². The first-order chi connectivity index (χ1) is 15.1. The van der Waals surface area contributed by atoms with Crippen LogP contribution in [0.2, 0.25) is 0 Å². The molecule has 3 aromatic carbocycles. The summed E-state index contributed by atoms with van der Waals surface area (Å²) in [5.41, 5.74) is 10.7. The number of carbonyl (C=O) groups is 2. The second kappa shape index (κ2) is 8.82. The number of nitriles is 1. The van der Waals surface area contributed by atoms with Crippen molar-refractivity contribution in [1.82, 2.24) is 4.90 Å². The lowest BCUT2D eigenvalue weighted by molar-refractivity contribution is -0.116. The quantitative estimate of drug-likeness (QED) is 0.628. The van der Waals surface area contributed by atoms with Gasteiger partial charge in [0.1, 0.15) is 6.54 Å². The van der Waals surface area contributed by atoms with Crippen molar-refractivity contribution in [2.45, 2.75) is 13.0 Å². The number of hydrogen-bond donors (Lipinski definition) is 1. The van der Waals surface area contributed by atoms with E-state index >= 15 is 0 Å². The van der Waals surface area contributed by atoms with E-state index in [2.05, 4.69) is 6.07 Å². The van der Waals surface area contributed by atoms with Gasteiger partial charge in [-0.05, 0) is 52.9 Å². The predicted molar refractivity (Wildman–Crippen MR) is 119 cm³/mol. The summed E-state index contributed by atoms with van der Waals surface area (Å²) in [5, 5.41) is 9.08. The normalized spacial score (nSPS) is 13.5. The lowest BCUT2D eigenvalue weighted by atomic mass is 10.0. The van der Waals surface area contributed by atoms with Gasteiger partial charge in [-0.2, -0.15) is 5.26 Å². The van der Waals surface area contributed by atoms with E-state index < -0.39 is 0 Å². The van der Waals surface area contributed by atoms with Crippen molar-refractivity contribution in [3.63, 3.8) is 0 Å². The molecule has 6 heteroatoms. The molecule has 2 N–H and O–H groups in total. The molecular weight excluding hydrogens is 388 g/mol. The number of carbonyl (C=O) groups excluding carboxylic acids is 2. The lowest BCUT2D eigenvalue weighted by Gasteiger charge is -2.17. The maximum atomic E-state index is 12.9. The van der Waals surface area contributed by atoms with Crippen LogP contribution in [-0.2, 0) is 17.8 Å². The Balaban J connectivity index is 1.45. The molecule has 0 unspecified atom stereocenters. The van der Waals surface area contributed by atoms with Crippen LogP contribution in [-0.4, -0.2) is 29.9 Å². The molecule has 6 nitrogen and oxygen atoms in total. The zero-order chi connectivity index (χ0) is 21.8. The number of benzene rings is 3. The van der Waals surface area contributed by atoms with Gasteiger partial charge in [0.05, 0.1) is 17.3 Å². The Morgan fingerprint density at radius 2 is 1.61 bits per heavy atom. The summed E-state index contributed by atoms with van der Waals surface area (Å²) in [6.07, 6.45) is 0.673. The molecule has 31 heavy (non-hydrogen) atoms. The van der Waals surface area contributed by atoms with Crippen LogP contribution in [0.3, 0.4) is 0 Å². The molecule has 0 saturated carbocycles. The Bertz CT molecular complexity index is 1150. The first kappa shape index (κ1) is 20.3. The minimum absolute atomic E-state index is 0.0751. The highest BCUT2D eigenvalue weighted by molar-refractivity contribution is 6.19. The van der Waals surface area contributed by atoms with Gasteiger partial charge in [0, 0.05) is 13.1 Å². The maximum absolute atomic E-state index is 12.9. The molecule has 1 fully saturated rings. The minimum Gasteiger partial charge on any atom is -0.326 e. The highest BCUT2D eigenvalue weighted by Gasteiger charge is 2.36. The molecule has 0 aromatic heterocycles. The smallest absolute Gasteiger partial charge is 0.326 e. The minimum atomic E-state index is -0.303. The van der Waals surface area contributed by atoms with Gasteiger partial charge in [-0.15, -0.1) is 0 Å². The second-order valence-electron chi connectivity index (χ2n) is 7.44. The van der Waals surface area contributed by atoms with Crippen LogP contribution in [0.15, 0.2) is 72.8 Å². The zero-order valence-corrected chi connectivity index (χ0v) is 17.0. The van der Waals surface area contributed by atoms with Crippen molar-refractivity contribution >= 4 is 17.6 Å². The Morgan fingerprint density at radius 3 is 2.29 bits per heavy atom. The van der Waals surface area contributed by atoms with Crippen molar-refractivity contribution in [2.24, 2.45) is 5.73 Å². The summed E-state index contributed by atoms with van der Waals surface area (Å²) in [6.45, 7) is 1.05. The molecule has 3 amide bonds. The molecule has 0 spiro atoms. The summed E-state index contributed by atoms with van der Waals surface area (Å²) in [4.78, 5) is 28.2. The summed E-state index contributed by atoms with van der Waals surface area (Å²) >= 11 is 0. The summed E-state index contributed by atoms with van der Waals surface area (Å²) < 4.78 is 0. The number of rotatable bonds is 6. The van der Waals surface area contributed by atoms with Crippen molar-refractivity contribution in [2.75, 3.05) is 18.0 Å². The number of imide groups is 1. The van der Waals surface area contributed by atoms with E-state index in [4.69, 9.17) is 11.0 Å². The Hall–Kier alpha value is -3.95. The second-order valence-corrected chi connectivity index (χ2v) is 7.44. The van der Waals surface area contributed by atoms with Crippen LogP contribution >= 0.6 is 0 Å². The van der Waals surface area contributed by atoms with Gasteiger partial charge >= 0.3 is 6.03 Å². The molecule has 3 aromatic rings. The predicted octanol–water partition coefficient (Wildman–Crippen LogP) is 3.70. The molecule has 0 aliphatic carbocycles. The number of anilines is 1.